The number of fused-ring (bicyclic) bond motifs is 1. The first-order valence-electron chi connectivity index (χ1n) is 8.21. The van der Waals surface area contributed by atoms with Gasteiger partial charge in [-0.05, 0) is 50.2 Å². The maximum atomic E-state index is 13.0. The highest BCUT2D eigenvalue weighted by molar-refractivity contribution is 7.92. The quantitative estimate of drug-likeness (QED) is 0.789. The van der Waals surface area contributed by atoms with Crippen molar-refractivity contribution in [2.24, 2.45) is 0 Å². The van der Waals surface area contributed by atoms with Crippen LogP contribution in [0.1, 0.15) is 13.8 Å². The van der Waals surface area contributed by atoms with Crippen LogP contribution in [-0.2, 0) is 10.0 Å². The Morgan fingerprint density at radius 3 is 2.32 bits per heavy atom. The Labute approximate surface area is 148 Å². The highest BCUT2D eigenvalue weighted by Crippen LogP contribution is 2.35. The summed E-state index contributed by atoms with van der Waals surface area (Å²) in [6.07, 6.45) is 0. The second-order valence-electron chi connectivity index (χ2n) is 5.40. The zero-order valence-electron chi connectivity index (χ0n) is 14.3. The maximum Gasteiger partial charge on any atom is 0.264 e. The summed E-state index contributed by atoms with van der Waals surface area (Å²) in [7, 11) is -3.68. The minimum atomic E-state index is -3.68. The molecule has 0 amide bonds. The van der Waals surface area contributed by atoms with Crippen LogP contribution in [0.2, 0.25) is 0 Å². The summed E-state index contributed by atoms with van der Waals surface area (Å²) in [5.74, 6) is 1.83. The average Bonchev–Trinajstić information content (AvgIpc) is 2.63. The Bertz CT molecular complexity index is 833. The topological polar surface area (TPSA) is 65.1 Å². The molecule has 0 aromatic heterocycles. The van der Waals surface area contributed by atoms with E-state index in [-0.39, 0.29) is 4.90 Å². The molecule has 0 saturated carbocycles. The maximum absolute atomic E-state index is 13.0. The zero-order chi connectivity index (χ0) is 17.9. The summed E-state index contributed by atoms with van der Waals surface area (Å²) in [5, 5.41) is 0. The molecule has 3 rings (SSSR count). The van der Waals surface area contributed by atoms with Gasteiger partial charge in [-0.3, -0.25) is 4.31 Å². The Morgan fingerprint density at radius 1 is 1.00 bits per heavy atom. The minimum Gasteiger partial charge on any atom is -0.494 e. The molecule has 2 aromatic rings. The molecule has 7 heteroatoms. The van der Waals surface area contributed by atoms with Crippen molar-refractivity contribution in [2.45, 2.75) is 18.7 Å². The lowest BCUT2D eigenvalue weighted by Gasteiger charge is -2.25. The number of hydrogen-bond acceptors (Lipinski definition) is 5. The van der Waals surface area contributed by atoms with Gasteiger partial charge in [-0.25, -0.2) is 8.42 Å². The number of ether oxygens (including phenoxy) is 3. The highest BCUT2D eigenvalue weighted by Gasteiger charge is 2.25. The number of nitrogens with zero attached hydrogens (tertiary/aromatic N) is 1. The average molecular weight is 363 g/mol. The predicted molar refractivity (Wildman–Crippen MR) is 95.2 cm³/mol. The highest BCUT2D eigenvalue weighted by atomic mass is 32.2. The van der Waals surface area contributed by atoms with Crippen molar-refractivity contribution in [3.05, 3.63) is 42.5 Å². The van der Waals surface area contributed by atoms with Crippen molar-refractivity contribution in [1.29, 1.82) is 0 Å². The van der Waals surface area contributed by atoms with Gasteiger partial charge in [0.2, 0.25) is 0 Å². The third-order valence-corrected chi connectivity index (χ3v) is 5.74. The van der Waals surface area contributed by atoms with E-state index < -0.39 is 10.0 Å². The number of anilines is 1. The Balaban J connectivity index is 1.93. The second kappa shape index (κ2) is 7.23. The molecular formula is C18H21NO5S. The van der Waals surface area contributed by atoms with E-state index in [1.807, 2.05) is 6.92 Å². The lowest BCUT2D eigenvalue weighted by Crippen LogP contribution is -2.31. The molecule has 1 aliphatic heterocycles. The van der Waals surface area contributed by atoms with Gasteiger partial charge in [-0.15, -0.1) is 0 Å². The second-order valence-corrected chi connectivity index (χ2v) is 7.26. The van der Waals surface area contributed by atoms with Crippen molar-refractivity contribution in [2.75, 3.05) is 30.7 Å². The molecule has 0 unspecified atom stereocenters. The van der Waals surface area contributed by atoms with Crippen LogP contribution in [0.3, 0.4) is 0 Å². The van der Waals surface area contributed by atoms with Crippen LogP contribution in [0.4, 0.5) is 5.69 Å². The van der Waals surface area contributed by atoms with Gasteiger partial charge in [0.05, 0.1) is 17.2 Å². The zero-order valence-corrected chi connectivity index (χ0v) is 15.1. The molecule has 0 bridgehead atoms. The largest absolute Gasteiger partial charge is 0.494 e. The van der Waals surface area contributed by atoms with Gasteiger partial charge in [0.15, 0.2) is 11.5 Å². The van der Waals surface area contributed by atoms with E-state index in [4.69, 9.17) is 14.2 Å². The van der Waals surface area contributed by atoms with Crippen LogP contribution < -0.4 is 18.5 Å². The van der Waals surface area contributed by atoms with E-state index in [1.54, 1.807) is 49.4 Å². The smallest absolute Gasteiger partial charge is 0.264 e. The van der Waals surface area contributed by atoms with E-state index in [2.05, 4.69) is 0 Å². The third kappa shape index (κ3) is 3.51. The van der Waals surface area contributed by atoms with E-state index in [1.165, 1.54) is 4.31 Å². The van der Waals surface area contributed by atoms with Crippen molar-refractivity contribution in [3.63, 3.8) is 0 Å². The van der Waals surface area contributed by atoms with Gasteiger partial charge in [0.1, 0.15) is 19.0 Å². The molecule has 0 saturated heterocycles. The van der Waals surface area contributed by atoms with Gasteiger partial charge in [0.25, 0.3) is 10.0 Å². The Kier molecular flexibility index (Phi) is 5.03. The molecule has 2 aromatic carbocycles. The molecule has 0 radical (unpaired) electrons. The van der Waals surface area contributed by atoms with Crippen LogP contribution in [0.15, 0.2) is 47.4 Å². The van der Waals surface area contributed by atoms with Crippen molar-refractivity contribution in [1.82, 2.24) is 0 Å². The summed E-state index contributed by atoms with van der Waals surface area (Å²) in [5.41, 5.74) is 0.542. The van der Waals surface area contributed by atoms with Gasteiger partial charge < -0.3 is 14.2 Å². The van der Waals surface area contributed by atoms with Crippen LogP contribution in [0.25, 0.3) is 0 Å². The van der Waals surface area contributed by atoms with Gasteiger partial charge in [-0.2, -0.15) is 0 Å². The van der Waals surface area contributed by atoms with Gasteiger partial charge in [-0.1, -0.05) is 0 Å². The van der Waals surface area contributed by atoms with Crippen molar-refractivity contribution < 1.29 is 22.6 Å². The molecule has 1 aliphatic rings. The molecule has 0 fully saturated rings. The molecule has 0 atom stereocenters. The third-order valence-electron chi connectivity index (χ3n) is 3.82. The standard InChI is InChI=1S/C18H21NO5S/c1-3-19(14-5-10-17-18(13-14)24-12-11-23-17)25(20,21)16-8-6-15(7-9-16)22-4-2/h5-10,13H,3-4,11-12H2,1-2H3. The van der Waals surface area contributed by atoms with Crippen molar-refractivity contribution >= 4 is 15.7 Å². The SMILES string of the molecule is CCOc1ccc(S(=O)(=O)N(CC)c2ccc3c(c2)OCCO3)cc1. The lowest BCUT2D eigenvalue weighted by atomic mass is 10.2. The van der Waals surface area contributed by atoms with E-state index >= 15 is 0 Å². The van der Waals surface area contributed by atoms with Gasteiger partial charge in [0, 0.05) is 12.6 Å². The molecule has 0 aliphatic carbocycles. The fourth-order valence-corrected chi connectivity index (χ4v) is 4.15. The summed E-state index contributed by atoms with van der Waals surface area (Å²) in [6.45, 7) is 5.45. The summed E-state index contributed by atoms with van der Waals surface area (Å²) in [6, 6.07) is 11.6. The number of hydrogen-bond donors (Lipinski definition) is 0. The molecule has 134 valence electrons. The number of rotatable bonds is 6. The molecule has 1 heterocycles. The fraction of sp³-hybridized carbons (Fsp3) is 0.333. The van der Waals surface area contributed by atoms with E-state index in [0.29, 0.717) is 49.3 Å². The lowest BCUT2D eigenvalue weighted by molar-refractivity contribution is 0.171. The first-order chi connectivity index (χ1) is 12.1. The first-order valence-corrected chi connectivity index (χ1v) is 9.65. The van der Waals surface area contributed by atoms with Gasteiger partial charge >= 0.3 is 0 Å². The van der Waals surface area contributed by atoms with Crippen molar-refractivity contribution in [3.8, 4) is 17.2 Å². The van der Waals surface area contributed by atoms with Crippen LogP contribution in [-0.4, -0.2) is 34.8 Å². The van der Waals surface area contributed by atoms with E-state index in [0.717, 1.165) is 0 Å². The summed E-state index contributed by atoms with van der Waals surface area (Å²) in [4.78, 5) is 0.215. The Morgan fingerprint density at radius 2 is 1.68 bits per heavy atom. The first kappa shape index (κ1) is 17.4. The predicted octanol–water partition coefficient (Wildman–Crippen LogP) is 3.07. The summed E-state index contributed by atoms with van der Waals surface area (Å²) < 4.78 is 43.8. The number of benzene rings is 2. The number of sulfonamides is 1. The molecular weight excluding hydrogens is 342 g/mol. The molecule has 0 N–H and O–H groups in total. The summed E-state index contributed by atoms with van der Waals surface area (Å²) >= 11 is 0. The molecule has 0 spiro atoms. The Hall–Kier alpha value is -2.41. The molecule has 25 heavy (non-hydrogen) atoms. The normalized spacial score (nSPS) is 13.4. The fourth-order valence-electron chi connectivity index (χ4n) is 2.68. The van der Waals surface area contributed by atoms with Crippen LogP contribution in [0.5, 0.6) is 17.2 Å². The van der Waals surface area contributed by atoms with Crippen LogP contribution in [0, 0.1) is 0 Å². The van der Waals surface area contributed by atoms with Crippen LogP contribution >= 0.6 is 0 Å². The molecule has 6 nitrogen and oxygen atoms in total. The minimum absolute atomic E-state index is 0.215. The van der Waals surface area contributed by atoms with E-state index in [9.17, 15) is 8.42 Å². The monoisotopic (exact) mass is 363 g/mol.